The summed E-state index contributed by atoms with van der Waals surface area (Å²) in [5.74, 6) is -0.802. The Bertz CT molecular complexity index is 1010. The number of thiophene rings is 1. The summed E-state index contributed by atoms with van der Waals surface area (Å²) in [5.41, 5.74) is 1.50. The number of rotatable bonds is 3. The second kappa shape index (κ2) is 6.16. The molecule has 0 spiro atoms. The van der Waals surface area contributed by atoms with Gasteiger partial charge in [-0.05, 0) is 44.0 Å². The van der Waals surface area contributed by atoms with Crippen LogP contribution in [0.3, 0.4) is 0 Å². The van der Waals surface area contributed by atoms with Crippen LogP contribution in [-0.2, 0) is 11.3 Å². The maximum Gasteiger partial charge on any atom is 0.262 e. The molecule has 0 aliphatic heterocycles. The Balaban J connectivity index is 1.85. The van der Waals surface area contributed by atoms with Crippen LogP contribution < -0.4 is 10.9 Å². The standard InChI is InChI=1S/C17H16FN3O2S/c1-9-4-5-12(6-13(9)18)20-14(22)7-21-8-19-16-15(17(21)23)10(2)11(3)24-16/h4-6,8H,7H2,1-3H3,(H,20,22). The van der Waals surface area contributed by atoms with Gasteiger partial charge in [-0.15, -0.1) is 11.3 Å². The van der Waals surface area contributed by atoms with Gasteiger partial charge in [-0.2, -0.15) is 0 Å². The van der Waals surface area contributed by atoms with E-state index in [9.17, 15) is 14.0 Å². The molecule has 0 bridgehead atoms. The molecule has 24 heavy (non-hydrogen) atoms. The third-order valence-electron chi connectivity index (χ3n) is 3.93. The molecule has 0 fully saturated rings. The van der Waals surface area contributed by atoms with Crippen molar-refractivity contribution < 1.29 is 9.18 Å². The van der Waals surface area contributed by atoms with Gasteiger partial charge in [0.1, 0.15) is 17.2 Å². The topological polar surface area (TPSA) is 64.0 Å². The number of fused-ring (bicyclic) bond motifs is 1. The van der Waals surface area contributed by atoms with Crippen LogP contribution in [0.5, 0.6) is 0 Å². The molecule has 3 aromatic rings. The summed E-state index contributed by atoms with van der Waals surface area (Å²) in [7, 11) is 0. The molecule has 124 valence electrons. The number of carbonyl (C=O) groups excluding carboxylic acids is 1. The number of hydrogen-bond acceptors (Lipinski definition) is 4. The molecule has 2 heterocycles. The minimum Gasteiger partial charge on any atom is -0.324 e. The van der Waals surface area contributed by atoms with Gasteiger partial charge < -0.3 is 5.32 Å². The van der Waals surface area contributed by atoms with Crippen molar-refractivity contribution >= 4 is 33.1 Å². The molecule has 0 aliphatic carbocycles. The monoisotopic (exact) mass is 345 g/mol. The van der Waals surface area contributed by atoms with Crippen molar-refractivity contribution in [3.8, 4) is 0 Å². The molecule has 0 aliphatic rings. The van der Waals surface area contributed by atoms with Gasteiger partial charge in [0.05, 0.1) is 11.7 Å². The van der Waals surface area contributed by atoms with E-state index in [-0.39, 0.29) is 12.1 Å². The molecule has 1 amide bonds. The molecule has 2 aromatic heterocycles. The van der Waals surface area contributed by atoms with E-state index in [1.54, 1.807) is 19.1 Å². The van der Waals surface area contributed by atoms with E-state index < -0.39 is 11.7 Å². The van der Waals surface area contributed by atoms with E-state index in [1.165, 1.54) is 28.3 Å². The lowest BCUT2D eigenvalue weighted by Crippen LogP contribution is -2.27. The molecule has 7 heteroatoms. The van der Waals surface area contributed by atoms with Crippen LogP contribution in [0.2, 0.25) is 0 Å². The highest BCUT2D eigenvalue weighted by atomic mass is 32.1. The summed E-state index contributed by atoms with van der Waals surface area (Å²) in [6.45, 7) is 5.28. The maximum atomic E-state index is 13.5. The molecule has 0 atom stereocenters. The lowest BCUT2D eigenvalue weighted by atomic mass is 10.2. The fourth-order valence-corrected chi connectivity index (χ4v) is 3.40. The predicted molar refractivity (Wildman–Crippen MR) is 93.1 cm³/mol. The lowest BCUT2D eigenvalue weighted by Gasteiger charge is -2.08. The first-order chi connectivity index (χ1) is 11.4. The average molecular weight is 345 g/mol. The third kappa shape index (κ3) is 2.94. The number of amides is 1. The van der Waals surface area contributed by atoms with Crippen molar-refractivity contribution in [2.75, 3.05) is 5.32 Å². The number of aryl methyl sites for hydroxylation is 3. The van der Waals surface area contributed by atoms with Gasteiger partial charge in [0.2, 0.25) is 5.91 Å². The summed E-state index contributed by atoms with van der Waals surface area (Å²) in [6, 6.07) is 4.46. The van der Waals surface area contributed by atoms with Crippen LogP contribution in [0.4, 0.5) is 10.1 Å². The molecule has 1 aromatic carbocycles. The average Bonchev–Trinajstić information content (AvgIpc) is 2.81. The number of halogens is 1. The summed E-state index contributed by atoms with van der Waals surface area (Å²) < 4.78 is 14.8. The Labute approximate surface area is 141 Å². The molecule has 0 radical (unpaired) electrons. The summed E-state index contributed by atoms with van der Waals surface area (Å²) in [4.78, 5) is 30.6. The Morgan fingerprint density at radius 1 is 1.33 bits per heavy atom. The number of aromatic nitrogens is 2. The van der Waals surface area contributed by atoms with Gasteiger partial charge >= 0.3 is 0 Å². The smallest absolute Gasteiger partial charge is 0.262 e. The zero-order chi connectivity index (χ0) is 17.4. The van der Waals surface area contributed by atoms with Gasteiger partial charge in [0.25, 0.3) is 5.56 Å². The van der Waals surface area contributed by atoms with Gasteiger partial charge in [0.15, 0.2) is 0 Å². The number of benzene rings is 1. The van der Waals surface area contributed by atoms with Crippen molar-refractivity contribution in [3.63, 3.8) is 0 Å². The molecule has 1 N–H and O–H groups in total. The molecular formula is C17H16FN3O2S. The fraction of sp³-hybridized carbons (Fsp3) is 0.235. The van der Waals surface area contributed by atoms with Crippen molar-refractivity contribution in [1.29, 1.82) is 0 Å². The number of anilines is 1. The van der Waals surface area contributed by atoms with Crippen LogP contribution >= 0.6 is 11.3 Å². The quantitative estimate of drug-likeness (QED) is 0.793. The molecular weight excluding hydrogens is 329 g/mol. The predicted octanol–water partition coefficient (Wildman–Crippen LogP) is 3.16. The summed E-state index contributed by atoms with van der Waals surface area (Å²) in [6.07, 6.45) is 1.37. The van der Waals surface area contributed by atoms with Crippen molar-refractivity contribution in [1.82, 2.24) is 9.55 Å². The Morgan fingerprint density at radius 2 is 2.08 bits per heavy atom. The highest BCUT2D eigenvalue weighted by Crippen LogP contribution is 2.25. The van der Waals surface area contributed by atoms with E-state index in [4.69, 9.17) is 0 Å². The van der Waals surface area contributed by atoms with E-state index in [0.29, 0.717) is 21.5 Å². The summed E-state index contributed by atoms with van der Waals surface area (Å²) >= 11 is 1.46. The highest BCUT2D eigenvalue weighted by Gasteiger charge is 2.14. The van der Waals surface area contributed by atoms with E-state index in [0.717, 1.165) is 10.4 Å². The van der Waals surface area contributed by atoms with Crippen LogP contribution in [0.25, 0.3) is 10.2 Å². The van der Waals surface area contributed by atoms with Crippen LogP contribution in [0.15, 0.2) is 29.3 Å². The molecule has 0 unspecified atom stereocenters. The Hall–Kier alpha value is -2.54. The Kier molecular flexibility index (Phi) is 4.19. The fourth-order valence-electron chi connectivity index (χ4n) is 2.41. The Morgan fingerprint density at radius 3 is 2.79 bits per heavy atom. The minimum absolute atomic E-state index is 0.175. The second-order valence-electron chi connectivity index (χ2n) is 5.65. The van der Waals surface area contributed by atoms with Crippen LogP contribution in [0, 0.1) is 26.6 Å². The number of nitrogens with one attached hydrogen (secondary N) is 1. The van der Waals surface area contributed by atoms with Gasteiger partial charge in [0, 0.05) is 10.6 Å². The van der Waals surface area contributed by atoms with E-state index >= 15 is 0 Å². The molecule has 5 nitrogen and oxygen atoms in total. The van der Waals surface area contributed by atoms with Crippen molar-refractivity contribution in [3.05, 3.63) is 56.7 Å². The first-order valence-corrected chi connectivity index (χ1v) is 8.19. The van der Waals surface area contributed by atoms with E-state index in [1.807, 2.05) is 13.8 Å². The largest absolute Gasteiger partial charge is 0.324 e. The van der Waals surface area contributed by atoms with Gasteiger partial charge in [-0.3, -0.25) is 14.2 Å². The zero-order valence-electron chi connectivity index (χ0n) is 13.5. The van der Waals surface area contributed by atoms with Crippen LogP contribution in [0.1, 0.15) is 16.0 Å². The minimum atomic E-state index is -0.411. The van der Waals surface area contributed by atoms with Crippen LogP contribution in [-0.4, -0.2) is 15.5 Å². The van der Waals surface area contributed by atoms with Crippen molar-refractivity contribution in [2.45, 2.75) is 27.3 Å². The molecule has 0 saturated heterocycles. The van der Waals surface area contributed by atoms with Crippen molar-refractivity contribution in [2.24, 2.45) is 0 Å². The summed E-state index contributed by atoms with van der Waals surface area (Å²) in [5, 5.41) is 3.14. The third-order valence-corrected chi connectivity index (χ3v) is 5.04. The number of carbonyl (C=O) groups is 1. The van der Waals surface area contributed by atoms with Gasteiger partial charge in [-0.1, -0.05) is 6.07 Å². The first-order valence-electron chi connectivity index (χ1n) is 7.38. The normalized spacial score (nSPS) is 11.0. The second-order valence-corrected chi connectivity index (χ2v) is 6.86. The highest BCUT2D eigenvalue weighted by molar-refractivity contribution is 7.18. The lowest BCUT2D eigenvalue weighted by molar-refractivity contribution is -0.116. The molecule has 3 rings (SSSR count). The number of hydrogen-bond donors (Lipinski definition) is 1. The number of nitrogens with zero attached hydrogens (tertiary/aromatic N) is 2. The maximum absolute atomic E-state index is 13.5. The van der Waals surface area contributed by atoms with Gasteiger partial charge in [-0.25, -0.2) is 9.37 Å². The van der Waals surface area contributed by atoms with E-state index in [2.05, 4.69) is 10.3 Å². The SMILES string of the molecule is Cc1ccc(NC(=O)Cn2cnc3sc(C)c(C)c3c2=O)cc1F. The molecule has 0 saturated carbocycles. The first kappa shape index (κ1) is 16.3. The zero-order valence-corrected chi connectivity index (χ0v) is 14.3.